The summed E-state index contributed by atoms with van der Waals surface area (Å²) in [6.45, 7) is 7.54. The van der Waals surface area contributed by atoms with Crippen molar-refractivity contribution in [2.45, 2.75) is 13.3 Å². The van der Waals surface area contributed by atoms with Crippen LogP contribution in [0.5, 0.6) is 0 Å². The topological polar surface area (TPSA) is 79.0 Å². The van der Waals surface area contributed by atoms with Crippen molar-refractivity contribution >= 4 is 23.4 Å². The molecule has 1 fully saturated rings. The van der Waals surface area contributed by atoms with Crippen molar-refractivity contribution in [1.29, 1.82) is 0 Å². The van der Waals surface area contributed by atoms with E-state index < -0.39 is 5.97 Å². The Morgan fingerprint density at radius 1 is 1.22 bits per heavy atom. The average Bonchev–Trinajstić information content (AvgIpc) is 3.12. The Labute approximate surface area is 163 Å². The summed E-state index contributed by atoms with van der Waals surface area (Å²) < 4.78 is 10.9. The van der Waals surface area contributed by atoms with Gasteiger partial charge in [-0.05, 0) is 30.7 Å². The lowest BCUT2D eigenvalue weighted by Gasteiger charge is -2.34. The average molecular weight is 394 g/mol. The number of carbonyl (C=O) groups is 1. The van der Waals surface area contributed by atoms with Gasteiger partial charge in [0.05, 0.1) is 6.61 Å². The van der Waals surface area contributed by atoms with E-state index in [1.165, 1.54) is 0 Å². The van der Waals surface area contributed by atoms with E-state index in [0.29, 0.717) is 29.5 Å². The molecule has 3 rings (SSSR count). The molecule has 1 N–H and O–H groups in total. The normalized spacial score (nSPS) is 15.3. The van der Waals surface area contributed by atoms with Crippen LogP contribution in [0.15, 0.2) is 28.8 Å². The standard InChI is InChI=1S/C19H24ClN3O4/c1-2-12-26-13-11-22-7-9-23(10-8-22)18-16(19(24)25)17(27-21-18)14-3-5-15(20)6-4-14/h3-6H,2,7-13H2,1H3,(H,24,25). The van der Waals surface area contributed by atoms with Crippen molar-refractivity contribution in [3.63, 3.8) is 0 Å². The van der Waals surface area contributed by atoms with Crippen molar-refractivity contribution in [2.75, 3.05) is 50.8 Å². The van der Waals surface area contributed by atoms with Crippen LogP contribution in [0.1, 0.15) is 23.7 Å². The fraction of sp³-hybridized carbons (Fsp3) is 0.474. The van der Waals surface area contributed by atoms with Gasteiger partial charge >= 0.3 is 5.97 Å². The maximum absolute atomic E-state index is 11.9. The molecule has 27 heavy (non-hydrogen) atoms. The molecule has 2 aromatic rings. The van der Waals surface area contributed by atoms with Crippen molar-refractivity contribution in [2.24, 2.45) is 0 Å². The number of carboxylic acids is 1. The molecule has 0 atom stereocenters. The summed E-state index contributed by atoms with van der Waals surface area (Å²) in [5.41, 5.74) is 0.735. The predicted octanol–water partition coefficient (Wildman–Crippen LogP) is 3.24. The van der Waals surface area contributed by atoms with Gasteiger partial charge in [-0.1, -0.05) is 23.7 Å². The summed E-state index contributed by atoms with van der Waals surface area (Å²) in [6, 6.07) is 6.86. The second-order valence-corrected chi connectivity index (χ2v) is 6.90. The smallest absolute Gasteiger partial charge is 0.343 e. The molecule has 1 aromatic heterocycles. The number of carboxylic acid groups (broad SMARTS) is 1. The first kappa shape index (κ1) is 19.7. The molecule has 146 valence electrons. The summed E-state index contributed by atoms with van der Waals surface area (Å²) in [6.07, 6.45) is 1.02. The number of ether oxygens (including phenoxy) is 1. The minimum absolute atomic E-state index is 0.0945. The highest BCUT2D eigenvalue weighted by atomic mass is 35.5. The summed E-state index contributed by atoms with van der Waals surface area (Å²) >= 11 is 5.91. The van der Waals surface area contributed by atoms with Gasteiger partial charge in [0.1, 0.15) is 0 Å². The Hall–Kier alpha value is -2.09. The van der Waals surface area contributed by atoms with Gasteiger partial charge in [-0.25, -0.2) is 4.79 Å². The zero-order valence-corrected chi connectivity index (χ0v) is 16.1. The molecular weight excluding hydrogens is 370 g/mol. The van der Waals surface area contributed by atoms with Crippen LogP contribution < -0.4 is 4.90 Å². The molecule has 0 saturated carbocycles. The highest BCUT2D eigenvalue weighted by molar-refractivity contribution is 6.30. The summed E-state index contributed by atoms with van der Waals surface area (Å²) in [5, 5.41) is 14.4. The van der Waals surface area contributed by atoms with Crippen molar-refractivity contribution < 1.29 is 19.2 Å². The number of anilines is 1. The van der Waals surface area contributed by atoms with Crippen molar-refractivity contribution in [3.8, 4) is 11.3 Å². The molecule has 1 aromatic carbocycles. The van der Waals surface area contributed by atoms with Crippen molar-refractivity contribution in [3.05, 3.63) is 34.9 Å². The molecule has 0 amide bonds. The Morgan fingerprint density at radius 2 is 1.93 bits per heavy atom. The van der Waals surface area contributed by atoms with Gasteiger partial charge in [0, 0.05) is 49.9 Å². The van der Waals surface area contributed by atoms with Gasteiger partial charge in [0.15, 0.2) is 17.1 Å². The lowest BCUT2D eigenvalue weighted by atomic mass is 10.1. The van der Waals surface area contributed by atoms with Gasteiger partial charge in [0.25, 0.3) is 0 Å². The maximum atomic E-state index is 11.9. The highest BCUT2D eigenvalue weighted by Gasteiger charge is 2.29. The Kier molecular flexibility index (Phi) is 6.71. The van der Waals surface area contributed by atoms with Crippen LogP contribution in [0.3, 0.4) is 0 Å². The fourth-order valence-corrected chi connectivity index (χ4v) is 3.24. The molecule has 8 heteroatoms. The van der Waals surface area contributed by atoms with Crippen LogP contribution in [0, 0.1) is 0 Å². The van der Waals surface area contributed by atoms with E-state index in [0.717, 1.165) is 39.3 Å². The van der Waals surface area contributed by atoms with E-state index in [-0.39, 0.29) is 11.3 Å². The lowest BCUT2D eigenvalue weighted by Crippen LogP contribution is -2.47. The number of aromatic nitrogens is 1. The second kappa shape index (κ2) is 9.21. The van der Waals surface area contributed by atoms with Gasteiger partial charge in [-0.2, -0.15) is 0 Å². The largest absolute Gasteiger partial charge is 0.477 e. The van der Waals surface area contributed by atoms with Gasteiger partial charge in [-0.3, -0.25) is 4.90 Å². The Morgan fingerprint density at radius 3 is 2.56 bits per heavy atom. The number of hydrogen-bond acceptors (Lipinski definition) is 6. The predicted molar refractivity (Wildman–Crippen MR) is 104 cm³/mol. The minimum Gasteiger partial charge on any atom is -0.477 e. The SMILES string of the molecule is CCCOCCN1CCN(c2noc(-c3ccc(Cl)cc3)c2C(=O)O)CC1. The first-order valence-electron chi connectivity index (χ1n) is 9.14. The quantitative estimate of drug-likeness (QED) is 0.689. The van der Waals surface area contributed by atoms with Gasteiger partial charge < -0.3 is 19.3 Å². The zero-order chi connectivity index (χ0) is 19.2. The van der Waals surface area contributed by atoms with E-state index in [9.17, 15) is 9.90 Å². The minimum atomic E-state index is -1.05. The van der Waals surface area contributed by atoms with E-state index in [1.54, 1.807) is 24.3 Å². The fourth-order valence-electron chi connectivity index (χ4n) is 3.11. The third kappa shape index (κ3) is 4.80. The Balaban J connectivity index is 1.69. The molecule has 7 nitrogen and oxygen atoms in total. The molecule has 0 bridgehead atoms. The van der Waals surface area contributed by atoms with Gasteiger partial charge in [0.2, 0.25) is 0 Å². The van der Waals surface area contributed by atoms with Crippen molar-refractivity contribution in [1.82, 2.24) is 10.1 Å². The van der Waals surface area contributed by atoms with Gasteiger partial charge in [-0.15, -0.1) is 0 Å². The third-order valence-electron chi connectivity index (χ3n) is 4.57. The molecule has 1 aliphatic heterocycles. The number of hydrogen-bond donors (Lipinski definition) is 1. The number of halogens is 1. The van der Waals surface area contributed by atoms with E-state index >= 15 is 0 Å². The van der Waals surface area contributed by atoms with Crippen LogP contribution in [0.2, 0.25) is 5.02 Å². The van der Waals surface area contributed by atoms with Crippen LogP contribution in [-0.2, 0) is 4.74 Å². The van der Waals surface area contributed by atoms with E-state index in [2.05, 4.69) is 17.0 Å². The first-order chi connectivity index (χ1) is 13.1. The highest BCUT2D eigenvalue weighted by Crippen LogP contribution is 2.32. The van der Waals surface area contributed by atoms with E-state index in [4.69, 9.17) is 20.9 Å². The van der Waals surface area contributed by atoms with Crippen LogP contribution >= 0.6 is 11.6 Å². The Bertz CT molecular complexity index is 755. The van der Waals surface area contributed by atoms with E-state index in [1.807, 2.05) is 4.90 Å². The first-order valence-corrected chi connectivity index (χ1v) is 9.52. The second-order valence-electron chi connectivity index (χ2n) is 6.46. The number of aromatic carboxylic acids is 1. The molecule has 0 radical (unpaired) electrons. The number of rotatable bonds is 8. The molecule has 0 unspecified atom stereocenters. The van der Waals surface area contributed by atoms with Crippen LogP contribution in [0.4, 0.5) is 5.82 Å². The maximum Gasteiger partial charge on any atom is 0.343 e. The molecular formula is C19H24ClN3O4. The monoisotopic (exact) mass is 393 g/mol. The van der Waals surface area contributed by atoms with Crippen LogP contribution in [-0.4, -0.2) is 67.1 Å². The number of nitrogens with zero attached hydrogens (tertiary/aromatic N) is 3. The lowest BCUT2D eigenvalue weighted by molar-refractivity contribution is 0.0697. The third-order valence-corrected chi connectivity index (χ3v) is 4.82. The molecule has 1 aliphatic rings. The number of benzene rings is 1. The summed E-state index contributed by atoms with van der Waals surface area (Å²) in [4.78, 5) is 16.2. The van der Waals surface area contributed by atoms with Crippen LogP contribution in [0.25, 0.3) is 11.3 Å². The molecule has 1 saturated heterocycles. The number of piperazine rings is 1. The molecule has 0 aliphatic carbocycles. The summed E-state index contributed by atoms with van der Waals surface area (Å²) in [7, 11) is 0. The molecule has 0 spiro atoms. The summed E-state index contributed by atoms with van der Waals surface area (Å²) in [5.74, 6) is -0.412. The molecule has 2 heterocycles. The zero-order valence-electron chi connectivity index (χ0n) is 15.4.